The van der Waals surface area contributed by atoms with Gasteiger partial charge in [0.2, 0.25) is 0 Å². The quantitative estimate of drug-likeness (QED) is 0.290. The number of phenolic OH excluding ortho intramolecular Hbond substituents is 2. The average molecular weight is 505 g/mol. The first kappa shape index (κ1) is 26.1. The van der Waals surface area contributed by atoms with E-state index in [4.69, 9.17) is 0 Å². The smallest absolute Gasteiger partial charge is 0.123 e. The van der Waals surface area contributed by atoms with Crippen LogP contribution in [0.4, 0.5) is 0 Å². The van der Waals surface area contributed by atoms with Gasteiger partial charge in [-0.25, -0.2) is 0 Å². The second-order valence-electron chi connectivity index (χ2n) is 11.0. The summed E-state index contributed by atoms with van der Waals surface area (Å²) < 4.78 is 0. The topological polar surface area (TPSA) is 40.5 Å². The van der Waals surface area contributed by atoms with Gasteiger partial charge >= 0.3 is 0 Å². The molecule has 2 nitrogen and oxygen atoms in total. The van der Waals surface area contributed by atoms with Crippen LogP contribution in [0.2, 0.25) is 0 Å². The number of benzene rings is 4. The zero-order chi connectivity index (χ0) is 26.2. The van der Waals surface area contributed by atoms with Gasteiger partial charge in [-0.3, -0.25) is 0 Å². The molecule has 0 aromatic heterocycles. The Kier molecular flexibility index (Phi) is 8.48. The van der Waals surface area contributed by atoms with Crippen molar-refractivity contribution >= 4 is 0 Å². The summed E-state index contributed by atoms with van der Waals surface area (Å²) in [6.07, 6.45) is 13.6. The van der Waals surface area contributed by atoms with E-state index in [1.807, 2.05) is 48.5 Å². The maximum absolute atomic E-state index is 10.9. The van der Waals surface area contributed by atoms with E-state index < -0.39 is 0 Å². The van der Waals surface area contributed by atoms with Crippen LogP contribution in [0.25, 0.3) is 22.3 Å². The predicted molar refractivity (Wildman–Crippen MR) is 159 cm³/mol. The van der Waals surface area contributed by atoms with Gasteiger partial charge in [0.05, 0.1) is 0 Å². The highest BCUT2D eigenvalue weighted by Gasteiger charge is 2.35. The molecule has 0 saturated heterocycles. The fourth-order valence-electron chi connectivity index (χ4n) is 6.33. The lowest BCUT2D eigenvalue weighted by Crippen LogP contribution is -2.28. The minimum absolute atomic E-state index is 0.187. The highest BCUT2D eigenvalue weighted by atomic mass is 16.3. The van der Waals surface area contributed by atoms with Crippen molar-refractivity contribution in [3.8, 4) is 33.8 Å². The molecule has 1 saturated carbocycles. The molecule has 5 rings (SSSR count). The molecule has 4 aromatic rings. The van der Waals surface area contributed by atoms with E-state index in [-0.39, 0.29) is 5.41 Å². The monoisotopic (exact) mass is 504 g/mol. The summed E-state index contributed by atoms with van der Waals surface area (Å²) >= 11 is 0. The Hall–Kier alpha value is -3.52. The van der Waals surface area contributed by atoms with Crippen molar-refractivity contribution in [3.05, 3.63) is 108 Å². The summed E-state index contributed by atoms with van der Waals surface area (Å²) in [5, 5.41) is 21.8. The molecule has 4 aromatic carbocycles. The summed E-state index contributed by atoms with van der Waals surface area (Å²) in [7, 11) is 0. The first-order chi connectivity index (χ1) is 18.7. The van der Waals surface area contributed by atoms with Crippen LogP contribution in [-0.2, 0) is 5.41 Å². The zero-order valence-corrected chi connectivity index (χ0v) is 22.4. The minimum atomic E-state index is -0.187. The second kappa shape index (κ2) is 12.3. The summed E-state index contributed by atoms with van der Waals surface area (Å²) in [5.41, 5.74) is 6.17. The Balaban J connectivity index is 1.66. The summed E-state index contributed by atoms with van der Waals surface area (Å²) in [6.45, 7) is 0. The normalized spacial score (nSPS) is 16.7. The summed E-state index contributed by atoms with van der Waals surface area (Å²) in [4.78, 5) is 0. The summed E-state index contributed by atoms with van der Waals surface area (Å²) in [6, 6.07) is 32.9. The van der Waals surface area contributed by atoms with Crippen LogP contribution in [-0.4, -0.2) is 10.2 Å². The standard InChI is InChI=1S/C36H40O2/c37-34-22-20-30(26-32(34)28-16-10-8-11-17-28)36(24-14-6-4-2-1-3-5-7-15-25-36)31-21-23-35(38)33(27-31)29-18-12-9-13-19-29/h8-13,16-23,26-27,37-38H,1-7,14-15,24-25H2. The first-order valence-electron chi connectivity index (χ1n) is 14.5. The van der Waals surface area contributed by atoms with Crippen LogP contribution >= 0.6 is 0 Å². The van der Waals surface area contributed by atoms with Crippen molar-refractivity contribution in [3.63, 3.8) is 0 Å². The maximum Gasteiger partial charge on any atom is 0.123 e. The minimum Gasteiger partial charge on any atom is -0.507 e. The van der Waals surface area contributed by atoms with Crippen molar-refractivity contribution in [1.82, 2.24) is 0 Å². The number of phenols is 2. The predicted octanol–water partition coefficient (Wildman–Crippen LogP) is 10.0. The highest BCUT2D eigenvalue weighted by Crippen LogP contribution is 2.46. The average Bonchev–Trinajstić information content (AvgIpc) is 2.95. The van der Waals surface area contributed by atoms with Gasteiger partial charge in [0.15, 0.2) is 0 Å². The molecule has 0 spiro atoms. The van der Waals surface area contributed by atoms with Crippen molar-refractivity contribution in [2.24, 2.45) is 0 Å². The van der Waals surface area contributed by atoms with Crippen LogP contribution in [0.3, 0.4) is 0 Å². The lowest BCUT2D eigenvalue weighted by atomic mass is 9.67. The molecule has 196 valence electrons. The fraction of sp³-hybridized carbons (Fsp3) is 0.333. The molecule has 0 atom stereocenters. The molecule has 38 heavy (non-hydrogen) atoms. The van der Waals surface area contributed by atoms with E-state index >= 15 is 0 Å². The molecule has 0 unspecified atom stereocenters. The van der Waals surface area contributed by atoms with E-state index in [1.54, 1.807) is 0 Å². The maximum atomic E-state index is 10.9. The van der Waals surface area contributed by atoms with E-state index in [0.717, 1.165) is 35.1 Å². The number of hydrogen-bond acceptors (Lipinski definition) is 2. The summed E-state index contributed by atoms with van der Waals surface area (Å²) in [5.74, 6) is 0.637. The SMILES string of the molecule is Oc1ccc(C2(c3ccc(O)c(-c4ccccc4)c3)CCCCCCCCCCC2)cc1-c1ccccc1. The molecule has 1 fully saturated rings. The molecule has 0 bridgehead atoms. The molecular weight excluding hydrogens is 464 g/mol. The Morgan fingerprint density at radius 1 is 0.421 bits per heavy atom. The molecule has 1 aliphatic rings. The number of rotatable bonds is 4. The largest absolute Gasteiger partial charge is 0.507 e. The van der Waals surface area contributed by atoms with Crippen molar-refractivity contribution in [1.29, 1.82) is 0 Å². The lowest BCUT2D eigenvalue weighted by Gasteiger charge is -2.37. The molecule has 0 radical (unpaired) electrons. The molecule has 0 amide bonds. The molecule has 0 heterocycles. The van der Waals surface area contributed by atoms with Crippen molar-refractivity contribution in [2.45, 2.75) is 76.0 Å². The van der Waals surface area contributed by atoms with Gasteiger partial charge in [-0.2, -0.15) is 0 Å². The van der Waals surface area contributed by atoms with Crippen molar-refractivity contribution in [2.75, 3.05) is 0 Å². The molecule has 2 heteroatoms. The Labute approximate surface area is 228 Å². The van der Waals surface area contributed by atoms with Crippen LogP contribution in [0.15, 0.2) is 97.1 Å². The third-order valence-corrected chi connectivity index (χ3v) is 8.47. The molecule has 1 aliphatic carbocycles. The van der Waals surface area contributed by atoms with Crippen LogP contribution in [0.1, 0.15) is 81.8 Å². The van der Waals surface area contributed by atoms with Gasteiger partial charge < -0.3 is 10.2 Å². The lowest BCUT2D eigenvalue weighted by molar-refractivity contribution is 0.382. The van der Waals surface area contributed by atoms with Gasteiger partial charge in [0.1, 0.15) is 11.5 Å². The van der Waals surface area contributed by atoms with Crippen molar-refractivity contribution < 1.29 is 10.2 Å². The highest BCUT2D eigenvalue weighted by molar-refractivity contribution is 5.73. The number of hydrogen-bond donors (Lipinski definition) is 2. The van der Waals surface area contributed by atoms with E-state index in [2.05, 4.69) is 48.5 Å². The van der Waals surface area contributed by atoms with E-state index in [0.29, 0.717) is 11.5 Å². The molecule has 2 N–H and O–H groups in total. The zero-order valence-electron chi connectivity index (χ0n) is 22.4. The van der Waals surface area contributed by atoms with Crippen LogP contribution in [0, 0.1) is 0 Å². The Bertz CT molecular complexity index is 1210. The van der Waals surface area contributed by atoms with E-state index in [9.17, 15) is 10.2 Å². The fourth-order valence-corrected chi connectivity index (χ4v) is 6.33. The number of aromatic hydroxyl groups is 2. The molecule has 0 aliphatic heterocycles. The van der Waals surface area contributed by atoms with Gasteiger partial charge in [0.25, 0.3) is 0 Å². The first-order valence-corrected chi connectivity index (χ1v) is 14.5. The van der Waals surface area contributed by atoms with Crippen LogP contribution < -0.4 is 0 Å². The third-order valence-electron chi connectivity index (χ3n) is 8.47. The second-order valence-corrected chi connectivity index (χ2v) is 11.0. The molecular formula is C36H40O2. The Morgan fingerprint density at radius 2 is 0.789 bits per heavy atom. The van der Waals surface area contributed by atoms with Crippen LogP contribution in [0.5, 0.6) is 11.5 Å². The van der Waals surface area contributed by atoms with Gasteiger partial charge in [-0.1, -0.05) is 131 Å². The van der Waals surface area contributed by atoms with Gasteiger partial charge in [0, 0.05) is 16.5 Å². The van der Waals surface area contributed by atoms with Gasteiger partial charge in [-0.15, -0.1) is 0 Å². The third kappa shape index (κ3) is 5.80. The Morgan fingerprint density at radius 3 is 1.18 bits per heavy atom. The van der Waals surface area contributed by atoms with E-state index in [1.165, 1.54) is 68.9 Å². The van der Waals surface area contributed by atoms with Gasteiger partial charge in [-0.05, 0) is 59.4 Å².